The third kappa shape index (κ3) is 5.27. The molecule has 14 heteroatoms. The average Bonchev–Trinajstić information content (AvgIpc) is 3.55. The summed E-state index contributed by atoms with van der Waals surface area (Å²) in [6.07, 6.45) is -1.66. The second-order valence-corrected chi connectivity index (χ2v) is 11.4. The van der Waals surface area contributed by atoms with E-state index in [0.29, 0.717) is 29.6 Å². The number of aromatic amines is 1. The van der Waals surface area contributed by atoms with Crippen molar-refractivity contribution in [3.8, 4) is 0 Å². The predicted octanol–water partition coefficient (Wildman–Crippen LogP) is 4.94. The Hall–Kier alpha value is -3.78. The second kappa shape index (κ2) is 9.83. The van der Waals surface area contributed by atoms with Crippen molar-refractivity contribution in [3.05, 3.63) is 87.4 Å². The molecule has 0 spiro atoms. The van der Waals surface area contributed by atoms with E-state index in [1.165, 1.54) is 34.1 Å². The first-order valence-corrected chi connectivity index (χ1v) is 13.7. The molecule has 38 heavy (non-hydrogen) atoms. The van der Waals surface area contributed by atoms with Crippen LogP contribution in [0.4, 0.5) is 28.9 Å². The summed E-state index contributed by atoms with van der Waals surface area (Å²) in [5.41, 5.74) is 2.52. The number of aromatic nitrogens is 3. The molecule has 0 unspecified atom stereocenters. The van der Waals surface area contributed by atoms with E-state index in [1.54, 1.807) is 12.1 Å². The van der Waals surface area contributed by atoms with Crippen molar-refractivity contribution < 1.29 is 30.8 Å². The van der Waals surface area contributed by atoms with E-state index in [-0.39, 0.29) is 28.8 Å². The van der Waals surface area contributed by atoms with Crippen LogP contribution in [0.1, 0.15) is 32.1 Å². The Kier molecular flexibility index (Phi) is 6.69. The van der Waals surface area contributed by atoms with Crippen molar-refractivity contribution in [1.82, 2.24) is 19.9 Å². The van der Waals surface area contributed by atoms with Gasteiger partial charge in [0.1, 0.15) is 11.5 Å². The molecule has 2 N–H and O–H groups in total. The highest BCUT2D eigenvalue weighted by atomic mass is 32.2. The highest BCUT2D eigenvalue weighted by molar-refractivity contribution is 7.90. The molecule has 4 aromatic rings. The lowest BCUT2D eigenvalue weighted by Gasteiger charge is -2.30. The lowest BCUT2D eigenvalue weighted by Crippen LogP contribution is -2.36. The first-order chi connectivity index (χ1) is 18.0. The van der Waals surface area contributed by atoms with E-state index in [2.05, 4.69) is 20.3 Å². The van der Waals surface area contributed by atoms with Gasteiger partial charge in [0, 0.05) is 41.7 Å². The molecule has 1 aliphatic heterocycles. The number of nitrogens with zero attached hydrogens (tertiary/aromatic N) is 3. The van der Waals surface area contributed by atoms with Gasteiger partial charge in [-0.2, -0.15) is 13.2 Å². The molecule has 3 heterocycles. The number of H-pyrrole nitrogens is 1. The summed E-state index contributed by atoms with van der Waals surface area (Å²) in [6.45, 7) is 0.503. The fraction of sp³-hybridized carbons (Fsp3) is 0.208. The van der Waals surface area contributed by atoms with Crippen LogP contribution >= 0.6 is 11.3 Å². The zero-order valence-corrected chi connectivity index (χ0v) is 21.1. The number of rotatable bonds is 6. The molecule has 2 aromatic carbocycles. The Morgan fingerprint density at radius 1 is 1.21 bits per heavy atom. The van der Waals surface area contributed by atoms with Crippen LogP contribution in [0, 0.1) is 5.82 Å². The minimum absolute atomic E-state index is 0.0363. The van der Waals surface area contributed by atoms with Crippen LogP contribution in [0.3, 0.4) is 0 Å². The van der Waals surface area contributed by atoms with Crippen molar-refractivity contribution >= 4 is 38.5 Å². The van der Waals surface area contributed by atoms with Gasteiger partial charge in [-0.25, -0.2) is 17.8 Å². The van der Waals surface area contributed by atoms with Crippen LogP contribution in [0.25, 0.3) is 0 Å². The molecule has 0 fully saturated rings. The fourth-order valence-corrected chi connectivity index (χ4v) is 6.36. The van der Waals surface area contributed by atoms with Crippen molar-refractivity contribution in [1.29, 1.82) is 0 Å². The van der Waals surface area contributed by atoms with Gasteiger partial charge in [-0.05, 0) is 41.8 Å². The van der Waals surface area contributed by atoms with Crippen LogP contribution in [-0.2, 0) is 34.7 Å². The SMILES string of the molecule is O=C(c1c[nH]c(S(=O)(=O)Cc2cncs2)n1)N1CCc2c(cccc2Nc2ccc(C(F)(F)F)c(F)c2)C1. The van der Waals surface area contributed by atoms with E-state index < -0.39 is 33.3 Å². The van der Waals surface area contributed by atoms with Gasteiger partial charge in [0.25, 0.3) is 5.91 Å². The van der Waals surface area contributed by atoms with Crippen molar-refractivity contribution in [2.24, 2.45) is 0 Å². The fourth-order valence-electron chi connectivity index (χ4n) is 4.18. The zero-order valence-electron chi connectivity index (χ0n) is 19.4. The molecule has 1 amide bonds. The number of carbonyl (C=O) groups is 1. The maximum Gasteiger partial charge on any atom is 0.419 e. The first kappa shape index (κ1) is 25.9. The summed E-state index contributed by atoms with van der Waals surface area (Å²) >= 11 is 1.20. The number of thiazole rings is 1. The van der Waals surface area contributed by atoms with Gasteiger partial charge in [-0.1, -0.05) is 12.1 Å². The number of amides is 1. The quantitative estimate of drug-likeness (QED) is 0.321. The molecule has 0 saturated carbocycles. The van der Waals surface area contributed by atoms with E-state index in [9.17, 15) is 30.8 Å². The number of fused-ring (bicyclic) bond motifs is 1. The molecular formula is C24H19F4N5O3S2. The van der Waals surface area contributed by atoms with Crippen molar-refractivity contribution in [3.63, 3.8) is 0 Å². The summed E-state index contributed by atoms with van der Waals surface area (Å²) in [5, 5.41) is 2.66. The van der Waals surface area contributed by atoms with Crippen molar-refractivity contribution in [2.45, 2.75) is 30.1 Å². The summed E-state index contributed by atoms with van der Waals surface area (Å²) in [7, 11) is -3.79. The van der Waals surface area contributed by atoms with Gasteiger partial charge in [0.2, 0.25) is 15.0 Å². The monoisotopic (exact) mass is 565 g/mol. The molecule has 8 nitrogen and oxygen atoms in total. The zero-order chi connectivity index (χ0) is 27.1. The third-order valence-electron chi connectivity index (χ3n) is 5.99. The normalized spacial score (nSPS) is 13.8. The second-order valence-electron chi connectivity index (χ2n) is 8.56. The number of imidazole rings is 1. The number of benzene rings is 2. The molecule has 0 atom stereocenters. The minimum atomic E-state index is -4.79. The van der Waals surface area contributed by atoms with Gasteiger partial charge < -0.3 is 15.2 Å². The Bertz CT molecular complexity index is 1600. The maximum absolute atomic E-state index is 14.0. The molecule has 0 bridgehead atoms. The maximum atomic E-state index is 14.0. The standard InChI is InChI=1S/C24H19F4N5O3S2/c25-19-8-15(4-5-18(19)24(26,27)28)31-20-3-1-2-14-11-33(7-6-17(14)20)22(34)21-10-30-23(32-21)38(35,36)12-16-9-29-13-37-16/h1-5,8-10,13,31H,6-7,11-12H2,(H,30,32). The Morgan fingerprint density at radius 2 is 2.03 bits per heavy atom. The number of alkyl halides is 3. The average molecular weight is 566 g/mol. The highest BCUT2D eigenvalue weighted by Gasteiger charge is 2.34. The van der Waals surface area contributed by atoms with E-state index in [1.807, 2.05) is 6.07 Å². The minimum Gasteiger partial charge on any atom is -0.355 e. The van der Waals surface area contributed by atoms with Gasteiger partial charge in [-0.3, -0.25) is 9.78 Å². The Balaban J connectivity index is 1.30. The molecule has 0 radical (unpaired) electrons. The summed E-state index contributed by atoms with van der Waals surface area (Å²) in [6, 6.07) is 7.88. The number of carbonyl (C=O) groups excluding carboxylic acids is 1. The highest BCUT2D eigenvalue weighted by Crippen LogP contribution is 2.34. The lowest BCUT2D eigenvalue weighted by molar-refractivity contribution is -0.139. The first-order valence-electron chi connectivity index (χ1n) is 11.2. The van der Waals surface area contributed by atoms with Crippen LogP contribution in [0.2, 0.25) is 0 Å². The van der Waals surface area contributed by atoms with Gasteiger partial charge in [0.15, 0.2) is 0 Å². The number of halogens is 4. The third-order valence-corrected chi connectivity index (χ3v) is 8.44. The van der Waals surface area contributed by atoms with Crippen LogP contribution in [0.15, 0.2) is 59.5 Å². The Morgan fingerprint density at radius 3 is 2.74 bits per heavy atom. The van der Waals surface area contributed by atoms with Gasteiger partial charge in [0.05, 0.1) is 16.8 Å². The molecule has 2 aromatic heterocycles. The van der Waals surface area contributed by atoms with Gasteiger partial charge >= 0.3 is 6.18 Å². The molecule has 0 saturated heterocycles. The van der Waals surface area contributed by atoms with E-state index in [4.69, 9.17) is 0 Å². The smallest absolute Gasteiger partial charge is 0.355 e. The number of hydrogen-bond acceptors (Lipinski definition) is 7. The van der Waals surface area contributed by atoms with Gasteiger partial charge in [-0.15, -0.1) is 11.3 Å². The number of nitrogens with one attached hydrogen (secondary N) is 2. The molecule has 198 valence electrons. The molecule has 0 aliphatic carbocycles. The molecule has 5 rings (SSSR count). The number of hydrogen-bond donors (Lipinski definition) is 2. The lowest BCUT2D eigenvalue weighted by atomic mass is 9.97. The Labute approximate surface area is 218 Å². The number of anilines is 2. The van der Waals surface area contributed by atoms with Crippen LogP contribution in [0.5, 0.6) is 0 Å². The number of sulfone groups is 1. The van der Waals surface area contributed by atoms with Crippen molar-refractivity contribution in [2.75, 3.05) is 11.9 Å². The van der Waals surface area contributed by atoms with E-state index >= 15 is 0 Å². The largest absolute Gasteiger partial charge is 0.419 e. The van der Waals surface area contributed by atoms with E-state index in [0.717, 1.165) is 23.3 Å². The summed E-state index contributed by atoms with van der Waals surface area (Å²) < 4.78 is 77.8. The summed E-state index contributed by atoms with van der Waals surface area (Å²) in [4.78, 5) is 25.6. The molecular weight excluding hydrogens is 546 g/mol. The van der Waals surface area contributed by atoms with Crippen LogP contribution in [-0.4, -0.2) is 40.7 Å². The van der Waals surface area contributed by atoms with Crippen LogP contribution < -0.4 is 5.32 Å². The summed E-state index contributed by atoms with van der Waals surface area (Å²) in [5.74, 6) is -2.11. The predicted molar refractivity (Wildman–Crippen MR) is 131 cm³/mol. The topological polar surface area (TPSA) is 108 Å². The molecule has 1 aliphatic rings.